The number of nitrogens with zero attached hydrogens (tertiary/aromatic N) is 2. The molecule has 0 aliphatic heterocycles. The molecule has 16 heteroatoms. The molecule has 0 bridgehead atoms. The van der Waals surface area contributed by atoms with E-state index in [0.717, 1.165) is 37.7 Å². The minimum Gasteiger partial charge on any atom is -0.450 e. The van der Waals surface area contributed by atoms with Crippen LogP contribution in [0.4, 0.5) is 55.7 Å². The van der Waals surface area contributed by atoms with Crippen LogP contribution >= 0.6 is 12.4 Å². The first-order valence-electron chi connectivity index (χ1n) is 15.4. The zero-order valence-corrected chi connectivity index (χ0v) is 27.9. The van der Waals surface area contributed by atoms with Crippen LogP contribution in [0.2, 0.25) is 0 Å². The maximum Gasteiger partial charge on any atom is 0.573 e. The zero-order chi connectivity index (χ0) is 36.6. The molecule has 3 aromatic rings. The van der Waals surface area contributed by atoms with Gasteiger partial charge < -0.3 is 24.7 Å². The number of hydrogen-bond acceptors (Lipinski definition) is 4. The van der Waals surface area contributed by atoms with Crippen LogP contribution in [0, 0.1) is 12.8 Å². The molecule has 0 atom stereocenters. The molecule has 0 spiro atoms. The van der Waals surface area contributed by atoms with Gasteiger partial charge in [-0.2, -0.15) is 26.3 Å². The third-order valence-electron chi connectivity index (χ3n) is 7.96. The topological polar surface area (TPSA) is 73.2 Å². The summed E-state index contributed by atoms with van der Waals surface area (Å²) >= 11 is 0. The maximum atomic E-state index is 13.7. The third kappa shape index (κ3) is 13.4. The van der Waals surface area contributed by atoms with Crippen molar-refractivity contribution in [3.05, 3.63) is 88.5 Å². The molecule has 278 valence electrons. The number of benzene rings is 3. The van der Waals surface area contributed by atoms with Gasteiger partial charge in [-0.15, -0.1) is 25.6 Å². The molecule has 0 radical (unpaired) electrons. The lowest BCUT2D eigenvalue weighted by molar-refractivity contribution is -0.274. The number of aryl methyl sites for hydroxylation is 1. The standard InChI is InChI=1S/C33H35F9N2O.CH2O3.ClH/c1-3-43(19-23-9-5-4-6-10-23)30-13-12-29(45-33(40,41)42)17-25(30)21-44(28-11-7-8-22(2)14-28)20-24-15-26(31(34,35)36)18-27(16-24)32(37,38)39;2-1(3)4;/h7-8,11-18,23H,3-6,9-10,19-21H2,1-2H3;(H2,2,3,4);1H. The van der Waals surface area contributed by atoms with Gasteiger partial charge in [0.15, 0.2) is 0 Å². The lowest BCUT2D eigenvalue weighted by Crippen LogP contribution is -2.32. The molecule has 0 aromatic heterocycles. The van der Waals surface area contributed by atoms with Gasteiger partial charge in [-0.25, -0.2) is 4.79 Å². The highest BCUT2D eigenvalue weighted by molar-refractivity contribution is 5.85. The zero-order valence-electron chi connectivity index (χ0n) is 27.1. The Bertz CT molecular complexity index is 1510. The van der Waals surface area contributed by atoms with Crippen LogP contribution in [0.1, 0.15) is 66.8 Å². The van der Waals surface area contributed by atoms with E-state index in [0.29, 0.717) is 48.1 Å². The van der Waals surface area contributed by atoms with Crippen LogP contribution in [0.3, 0.4) is 0 Å². The highest BCUT2D eigenvalue weighted by Gasteiger charge is 2.37. The fourth-order valence-electron chi connectivity index (χ4n) is 5.87. The predicted molar refractivity (Wildman–Crippen MR) is 173 cm³/mol. The van der Waals surface area contributed by atoms with Crippen molar-refractivity contribution < 1.29 is 59.3 Å². The normalized spacial score (nSPS) is 13.8. The van der Waals surface area contributed by atoms with Crippen molar-refractivity contribution in [2.45, 2.75) is 77.8 Å². The Morgan fingerprint density at radius 3 is 1.88 bits per heavy atom. The minimum absolute atomic E-state index is 0. The fourth-order valence-corrected chi connectivity index (χ4v) is 5.87. The van der Waals surface area contributed by atoms with E-state index in [4.69, 9.17) is 15.0 Å². The van der Waals surface area contributed by atoms with Crippen molar-refractivity contribution in [2.24, 2.45) is 5.92 Å². The molecule has 3 aromatic carbocycles. The third-order valence-corrected chi connectivity index (χ3v) is 7.96. The number of anilines is 2. The van der Waals surface area contributed by atoms with E-state index in [1.807, 2.05) is 6.92 Å². The minimum atomic E-state index is -5.03. The summed E-state index contributed by atoms with van der Waals surface area (Å²) in [5.74, 6) is -0.0889. The van der Waals surface area contributed by atoms with E-state index >= 15 is 0 Å². The lowest BCUT2D eigenvalue weighted by Gasteiger charge is -2.34. The van der Waals surface area contributed by atoms with Crippen molar-refractivity contribution in [1.82, 2.24) is 0 Å². The monoisotopic (exact) mass is 744 g/mol. The molecule has 1 fully saturated rings. The van der Waals surface area contributed by atoms with Crippen molar-refractivity contribution >= 4 is 29.9 Å². The van der Waals surface area contributed by atoms with Gasteiger partial charge in [0, 0.05) is 37.6 Å². The quantitative estimate of drug-likeness (QED) is 0.201. The van der Waals surface area contributed by atoms with E-state index in [1.54, 1.807) is 36.1 Å². The highest BCUT2D eigenvalue weighted by atomic mass is 35.5. The molecule has 2 N–H and O–H groups in total. The predicted octanol–water partition coefficient (Wildman–Crippen LogP) is 11.2. The Hall–Kier alpha value is -4.01. The molecule has 0 amide bonds. The Kier molecular flexibility index (Phi) is 15.0. The maximum absolute atomic E-state index is 13.7. The average molecular weight is 745 g/mol. The first kappa shape index (κ1) is 42.2. The molecule has 1 saturated carbocycles. The number of alkyl halides is 9. The van der Waals surface area contributed by atoms with Crippen LogP contribution in [0.15, 0.2) is 60.7 Å². The van der Waals surface area contributed by atoms with Crippen molar-refractivity contribution in [3.8, 4) is 5.75 Å². The van der Waals surface area contributed by atoms with E-state index in [9.17, 15) is 39.5 Å². The Balaban J connectivity index is 0.00000164. The molecule has 4 rings (SSSR count). The van der Waals surface area contributed by atoms with Gasteiger partial charge in [0.2, 0.25) is 0 Å². The Labute approximate surface area is 289 Å². The Morgan fingerprint density at radius 1 is 0.800 bits per heavy atom. The van der Waals surface area contributed by atoms with Crippen LogP contribution < -0.4 is 14.5 Å². The number of halogens is 10. The van der Waals surface area contributed by atoms with E-state index in [1.165, 1.54) is 18.2 Å². The van der Waals surface area contributed by atoms with Crippen LogP contribution in [0.5, 0.6) is 5.75 Å². The second-order valence-corrected chi connectivity index (χ2v) is 11.8. The highest BCUT2D eigenvalue weighted by Crippen LogP contribution is 2.38. The van der Waals surface area contributed by atoms with Crippen molar-refractivity contribution in [3.63, 3.8) is 0 Å². The second-order valence-electron chi connectivity index (χ2n) is 11.8. The molecule has 50 heavy (non-hydrogen) atoms. The van der Waals surface area contributed by atoms with Crippen molar-refractivity contribution in [2.75, 3.05) is 22.9 Å². The summed E-state index contributed by atoms with van der Waals surface area (Å²) in [6, 6.07) is 12.2. The van der Waals surface area contributed by atoms with Gasteiger partial charge in [0.05, 0.1) is 11.1 Å². The fraction of sp³-hybridized carbons (Fsp3) is 0.441. The summed E-state index contributed by atoms with van der Waals surface area (Å²) in [6.45, 7) is 4.40. The summed E-state index contributed by atoms with van der Waals surface area (Å²) in [5, 5.41) is 13.9. The SMILES string of the molecule is CCN(CC1CCCCC1)c1ccc(OC(F)(F)F)cc1CN(Cc1cc(C(F)(F)F)cc(C(F)(F)F)c1)c1cccc(C)c1.Cl.O=C(O)O. The van der Waals surface area contributed by atoms with Crippen molar-refractivity contribution in [1.29, 1.82) is 0 Å². The molecule has 0 unspecified atom stereocenters. The van der Waals surface area contributed by atoms with E-state index in [-0.39, 0.29) is 37.1 Å². The van der Waals surface area contributed by atoms with Gasteiger partial charge >= 0.3 is 24.9 Å². The largest absolute Gasteiger partial charge is 0.573 e. The number of ether oxygens (including phenoxy) is 1. The van der Waals surface area contributed by atoms with Gasteiger partial charge in [-0.05, 0) is 97.8 Å². The first-order valence-corrected chi connectivity index (χ1v) is 15.4. The van der Waals surface area contributed by atoms with Crippen LogP contribution in [-0.2, 0) is 25.4 Å². The summed E-state index contributed by atoms with van der Waals surface area (Å²) in [5.41, 5.74) is -0.875. The van der Waals surface area contributed by atoms with E-state index in [2.05, 4.69) is 9.64 Å². The van der Waals surface area contributed by atoms with Gasteiger partial charge in [-0.1, -0.05) is 31.4 Å². The van der Waals surface area contributed by atoms with Crippen LogP contribution in [-0.4, -0.2) is 35.8 Å². The van der Waals surface area contributed by atoms with Gasteiger partial charge in [-0.3, -0.25) is 0 Å². The summed E-state index contributed by atoms with van der Waals surface area (Å²) in [4.78, 5) is 12.2. The molecule has 1 aliphatic carbocycles. The van der Waals surface area contributed by atoms with E-state index < -0.39 is 41.7 Å². The van der Waals surface area contributed by atoms with Gasteiger partial charge in [0.25, 0.3) is 0 Å². The Morgan fingerprint density at radius 2 is 1.38 bits per heavy atom. The molecular formula is C34H38ClF9N2O4. The average Bonchev–Trinajstić information content (AvgIpc) is 2.98. The summed E-state index contributed by atoms with van der Waals surface area (Å²) < 4.78 is 126. The van der Waals surface area contributed by atoms with Gasteiger partial charge in [0.1, 0.15) is 5.75 Å². The number of carbonyl (C=O) groups is 1. The molecule has 0 heterocycles. The number of carboxylic acid groups (broad SMARTS) is 2. The smallest absolute Gasteiger partial charge is 0.450 e. The number of hydrogen-bond donors (Lipinski definition) is 2. The summed E-state index contributed by atoms with van der Waals surface area (Å²) in [7, 11) is 0. The van der Waals surface area contributed by atoms with Crippen LogP contribution in [0.25, 0.3) is 0 Å². The second kappa shape index (κ2) is 17.8. The molecule has 6 nitrogen and oxygen atoms in total. The number of rotatable bonds is 10. The molecule has 1 aliphatic rings. The summed E-state index contributed by atoms with van der Waals surface area (Å²) in [6.07, 6.45) is -11.5. The first-order chi connectivity index (χ1) is 22.7. The molecule has 0 saturated heterocycles. The lowest BCUT2D eigenvalue weighted by atomic mass is 9.88. The molecular weight excluding hydrogens is 707 g/mol.